The van der Waals surface area contributed by atoms with E-state index < -0.39 is 13.4 Å². The topological polar surface area (TPSA) is 111 Å². The summed E-state index contributed by atoms with van der Waals surface area (Å²) >= 11 is 0. The van der Waals surface area contributed by atoms with E-state index in [0.717, 1.165) is 16.5 Å². The number of aromatic nitrogens is 3. The Balaban J connectivity index is 1.91. The van der Waals surface area contributed by atoms with Gasteiger partial charge in [0.2, 0.25) is 0 Å². The van der Waals surface area contributed by atoms with E-state index in [4.69, 9.17) is 9.79 Å². The smallest absolute Gasteiger partial charge is 0.347 e. The van der Waals surface area contributed by atoms with Gasteiger partial charge in [-0.05, 0) is 31.2 Å². The van der Waals surface area contributed by atoms with E-state index in [1.54, 1.807) is 18.3 Å². The molecule has 3 rings (SSSR count). The van der Waals surface area contributed by atoms with Gasteiger partial charge in [-0.25, -0.2) is 4.98 Å². The quantitative estimate of drug-likeness (QED) is 0.550. The molecule has 3 aromatic rings. The first-order valence-corrected chi connectivity index (χ1v) is 8.34. The molecule has 22 heavy (non-hydrogen) atoms. The highest BCUT2D eigenvalue weighted by Gasteiger charge is 2.23. The van der Waals surface area contributed by atoms with Crippen molar-refractivity contribution in [2.45, 2.75) is 12.7 Å². The van der Waals surface area contributed by atoms with Crippen LogP contribution in [0.3, 0.4) is 0 Å². The molecule has 114 valence electrons. The first kappa shape index (κ1) is 14.7. The Bertz CT molecular complexity index is 858. The predicted molar refractivity (Wildman–Crippen MR) is 84.5 cm³/mol. The predicted octanol–water partition coefficient (Wildman–Crippen LogP) is 2.56. The SMILES string of the molecule is CC(Nc1cccc(-c2ccc3[nH]ncc3c2)n1)P(=O)(O)O. The fraction of sp³-hybridized carbons (Fsp3) is 0.143. The Kier molecular flexibility index (Phi) is 3.70. The molecule has 0 radical (unpaired) electrons. The minimum atomic E-state index is -4.20. The van der Waals surface area contributed by atoms with Crippen LogP contribution in [0, 0.1) is 0 Å². The lowest BCUT2D eigenvalue weighted by Gasteiger charge is -2.16. The molecule has 2 aromatic heterocycles. The molecule has 2 heterocycles. The summed E-state index contributed by atoms with van der Waals surface area (Å²) in [5.74, 6) is -0.577. The highest BCUT2D eigenvalue weighted by molar-refractivity contribution is 7.52. The molecule has 0 saturated heterocycles. The molecule has 0 fully saturated rings. The standard InChI is InChI=1S/C14H15N4O3P/c1-9(22(19,20)21)16-14-4-2-3-12(17-14)10-5-6-13-11(7-10)8-15-18-13/h2-9H,1H3,(H,15,18)(H,16,17)(H2,19,20,21). The molecule has 4 N–H and O–H groups in total. The lowest BCUT2D eigenvalue weighted by atomic mass is 10.1. The first-order chi connectivity index (χ1) is 10.4. The number of nitrogens with zero attached hydrogens (tertiary/aromatic N) is 2. The van der Waals surface area contributed by atoms with Crippen LogP contribution in [0.4, 0.5) is 5.82 Å². The van der Waals surface area contributed by atoms with Crippen LogP contribution in [0.5, 0.6) is 0 Å². The molecule has 7 nitrogen and oxygen atoms in total. The first-order valence-electron chi connectivity index (χ1n) is 6.66. The second kappa shape index (κ2) is 5.53. The minimum absolute atomic E-state index is 0.417. The van der Waals surface area contributed by atoms with E-state index in [-0.39, 0.29) is 0 Å². The molecule has 1 atom stereocenters. The van der Waals surface area contributed by atoms with Crippen LogP contribution in [0.25, 0.3) is 22.2 Å². The molecule has 0 aliphatic rings. The molecule has 0 amide bonds. The zero-order valence-electron chi connectivity index (χ0n) is 11.8. The zero-order valence-corrected chi connectivity index (χ0v) is 12.7. The third-order valence-electron chi connectivity index (χ3n) is 3.35. The Labute approximate surface area is 126 Å². The van der Waals surface area contributed by atoms with E-state index in [1.807, 2.05) is 24.3 Å². The van der Waals surface area contributed by atoms with Crippen molar-refractivity contribution in [2.75, 3.05) is 5.32 Å². The van der Waals surface area contributed by atoms with Crippen molar-refractivity contribution in [1.82, 2.24) is 15.2 Å². The number of fused-ring (bicyclic) bond motifs is 1. The van der Waals surface area contributed by atoms with Crippen molar-refractivity contribution in [2.24, 2.45) is 0 Å². The number of H-pyrrole nitrogens is 1. The maximum absolute atomic E-state index is 11.2. The molecule has 0 aliphatic carbocycles. The van der Waals surface area contributed by atoms with Gasteiger partial charge < -0.3 is 15.1 Å². The summed E-state index contributed by atoms with van der Waals surface area (Å²) in [4.78, 5) is 22.7. The molecule has 8 heteroatoms. The molecule has 0 aliphatic heterocycles. The summed E-state index contributed by atoms with van der Waals surface area (Å²) in [6.45, 7) is 1.42. The highest BCUT2D eigenvalue weighted by atomic mass is 31.2. The zero-order chi connectivity index (χ0) is 15.7. The largest absolute Gasteiger partial charge is 0.356 e. The highest BCUT2D eigenvalue weighted by Crippen LogP contribution is 2.40. The summed E-state index contributed by atoms with van der Waals surface area (Å²) in [5.41, 5.74) is 2.56. The van der Waals surface area contributed by atoms with Gasteiger partial charge in [-0.15, -0.1) is 0 Å². The third kappa shape index (κ3) is 3.01. The maximum Gasteiger partial charge on any atom is 0.347 e. The summed E-state index contributed by atoms with van der Waals surface area (Å²) in [6, 6.07) is 11.1. The van der Waals surface area contributed by atoms with E-state index >= 15 is 0 Å². The number of benzene rings is 1. The molecule has 1 aromatic carbocycles. The van der Waals surface area contributed by atoms with Crippen molar-refractivity contribution in [3.8, 4) is 11.3 Å². The van der Waals surface area contributed by atoms with Crippen molar-refractivity contribution in [1.29, 1.82) is 0 Å². The van der Waals surface area contributed by atoms with Gasteiger partial charge in [0.25, 0.3) is 0 Å². The van der Waals surface area contributed by atoms with Gasteiger partial charge in [0.1, 0.15) is 11.6 Å². The van der Waals surface area contributed by atoms with Crippen LogP contribution >= 0.6 is 7.60 Å². The summed E-state index contributed by atoms with van der Waals surface area (Å²) < 4.78 is 11.2. The summed E-state index contributed by atoms with van der Waals surface area (Å²) in [7, 11) is -4.20. The van der Waals surface area contributed by atoms with Gasteiger partial charge in [-0.2, -0.15) is 5.10 Å². The Hall–Kier alpha value is -2.21. The van der Waals surface area contributed by atoms with E-state index in [2.05, 4.69) is 20.5 Å². The summed E-state index contributed by atoms with van der Waals surface area (Å²) in [5, 5.41) is 10.6. The Morgan fingerprint density at radius 1 is 1.27 bits per heavy atom. The second-order valence-electron chi connectivity index (χ2n) is 4.99. The van der Waals surface area contributed by atoms with Crippen LogP contribution in [0.15, 0.2) is 42.6 Å². The van der Waals surface area contributed by atoms with Gasteiger partial charge in [0.05, 0.1) is 17.4 Å². The Morgan fingerprint density at radius 3 is 2.86 bits per heavy atom. The van der Waals surface area contributed by atoms with Crippen LogP contribution in [-0.4, -0.2) is 30.8 Å². The number of hydrogen-bond acceptors (Lipinski definition) is 4. The van der Waals surface area contributed by atoms with Gasteiger partial charge in [0.15, 0.2) is 0 Å². The number of hydrogen-bond donors (Lipinski definition) is 4. The van der Waals surface area contributed by atoms with Gasteiger partial charge >= 0.3 is 7.60 Å². The number of nitrogens with one attached hydrogen (secondary N) is 2. The fourth-order valence-electron chi connectivity index (χ4n) is 2.08. The average Bonchev–Trinajstić information content (AvgIpc) is 2.94. The molecule has 0 saturated carbocycles. The second-order valence-corrected chi connectivity index (χ2v) is 6.94. The van der Waals surface area contributed by atoms with Crippen LogP contribution in [-0.2, 0) is 4.57 Å². The summed E-state index contributed by atoms with van der Waals surface area (Å²) in [6.07, 6.45) is 1.73. The average molecular weight is 318 g/mol. The number of aromatic amines is 1. The van der Waals surface area contributed by atoms with Crippen LogP contribution in [0.1, 0.15) is 6.92 Å². The van der Waals surface area contributed by atoms with Gasteiger partial charge in [0, 0.05) is 10.9 Å². The van der Waals surface area contributed by atoms with Crippen molar-refractivity contribution in [3.05, 3.63) is 42.6 Å². The van der Waals surface area contributed by atoms with E-state index in [9.17, 15) is 4.57 Å². The lowest BCUT2D eigenvalue weighted by molar-refractivity contribution is 0.364. The monoisotopic (exact) mass is 318 g/mol. The maximum atomic E-state index is 11.2. The third-order valence-corrected chi connectivity index (χ3v) is 4.48. The fourth-order valence-corrected chi connectivity index (χ4v) is 2.38. The van der Waals surface area contributed by atoms with E-state index in [0.29, 0.717) is 11.5 Å². The number of anilines is 1. The van der Waals surface area contributed by atoms with Crippen molar-refractivity contribution < 1.29 is 14.4 Å². The van der Waals surface area contributed by atoms with Crippen molar-refractivity contribution >= 4 is 24.3 Å². The van der Waals surface area contributed by atoms with Crippen LogP contribution in [0.2, 0.25) is 0 Å². The normalized spacial score (nSPS) is 13.2. The molecular weight excluding hydrogens is 303 g/mol. The van der Waals surface area contributed by atoms with E-state index in [1.165, 1.54) is 6.92 Å². The molecule has 1 unspecified atom stereocenters. The van der Waals surface area contributed by atoms with Crippen molar-refractivity contribution in [3.63, 3.8) is 0 Å². The number of pyridine rings is 1. The van der Waals surface area contributed by atoms with Gasteiger partial charge in [-0.1, -0.05) is 12.1 Å². The minimum Gasteiger partial charge on any atom is -0.356 e. The van der Waals surface area contributed by atoms with Gasteiger partial charge in [-0.3, -0.25) is 9.66 Å². The number of rotatable bonds is 4. The lowest BCUT2D eigenvalue weighted by Crippen LogP contribution is -2.16. The molecular formula is C14H15N4O3P. The van der Waals surface area contributed by atoms with Crippen LogP contribution < -0.4 is 5.32 Å². The molecule has 0 bridgehead atoms. The Morgan fingerprint density at radius 2 is 2.09 bits per heavy atom. The molecule has 0 spiro atoms.